The van der Waals surface area contributed by atoms with Crippen LogP contribution >= 0.6 is 0 Å². The first-order chi connectivity index (χ1) is 6.02. The SMILES string of the molecule is CNS(=O)(=O)CCNC(=O)COC. The minimum Gasteiger partial charge on any atom is -0.375 e. The molecule has 0 spiro atoms. The number of rotatable bonds is 6. The number of carbonyl (C=O) groups excluding carboxylic acids is 1. The van der Waals surface area contributed by atoms with Gasteiger partial charge in [-0.05, 0) is 7.05 Å². The monoisotopic (exact) mass is 210 g/mol. The van der Waals surface area contributed by atoms with E-state index in [0.29, 0.717) is 0 Å². The molecule has 0 aromatic heterocycles. The fourth-order valence-electron chi connectivity index (χ4n) is 0.609. The van der Waals surface area contributed by atoms with Gasteiger partial charge >= 0.3 is 0 Å². The molecule has 0 rings (SSSR count). The van der Waals surface area contributed by atoms with Gasteiger partial charge in [0.15, 0.2) is 0 Å². The predicted octanol–water partition coefficient (Wildman–Crippen LogP) is -1.70. The maximum absolute atomic E-state index is 10.8. The van der Waals surface area contributed by atoms with Crippen molar-refractivity contribution in [1.82, 2.24) is 10.0 Å². The van der Waals surface area contributed by atoms with Gasteiger partial charge in [0.25, 0.3) is 0 Å². The third kappa shape index (κ3) is 6.50. The van der Waals surface area contributed by atoms with Gasteiger partial charge in [0.05, 0.1) is 5.75 Å². The first-order valence-corrected chi connectivity index (χ1v) is 5.34. The van der Waals surface area contributed by atoms with E-state index < -0.39 is 10.0 Å². The summed E-state index contributed by atoms with van der Waals surface area (Å²) < 4.78 is 28.4. The van der Waals surface area contributed by atoms with Gasteiger partial charge in [-0.2, -0.15) is 0 Å². The molecule has 0 saturated carbocycles. The zero-order valence-corrected chi connectivity index (χ0v) is 8.48. The van der Waals surface area contributed by atoms with Crippen molar-refractivity contribution in [1.29, 1.82) is 0 Å². The number of hydrogen-bond acceptors (Lipinski definition) is 4. The summed E-state index contributed by atoms with van der Waals surface area (Å²) in [6.07, 6.45) is 0. The highest BCUT2D eigenvalue weighted by atomic mass is 32.2. The van der Waals surface area contributed by atoms with E-state index in [0.717, 1.165) is 0 Å². The van der Waals surface area contributed by atoms with Gasteiger partial charge in [0, 0.05) is 13.7 Å². The van der Waals surface area contributed by atoms with Gasteiger partial charge < -0.3 is 10.1 Å². The Labute approximate surface area is 77.7 Å². The highest BCUT2D eigenvalue weighted by Gasteiger charge is 2.07. The van der Waals surface area contributed by atoms with Crippen molar-refractivity contribution in [2.24, 2.45) is 0 Å². The minimum atomic E-state index is -3.24. The Kier molecular flexibility index (Phi) is 5.60. The topological polar surface area (TPSA) is 84.5 Å². The largest absolute Gasteiger partial charge is 0.375 e. The van der Waals surface area contributed by atoms with E-state index in [9.17, 15) is 13.2 Å². The second kappa shape index (κ2) is 5.90. The maximum Gasteiger partial charge on any atom is 0.246 e. The van der Waals surface area contributed by atoms with Crippen LogP contribution in [-0.2, 0) is 19.6 Å². The van der Waals surface area contributed by atoms with E-state index in [2.05, 4.69) is 14.8 Å². The van der Waals surface area contributed by atoms with Crippen LogP contribution in [0.1, 0.15) is 0 Å². The summed E-state index contributed by atoms with van der Waals surface area (Å²) in [5.41, 5.74) is 0. The summed E-state index contributed by atoms with van der Waals surface area (Å²) in [5, 5.41) is 2.39. The van der Waals surface area contributed by atoms with E-state index >= 15 is 0 Å². The molecule has 0 fully saturated rings. The molecule has 0 unspecified atom stereocenters. The number of amides is 1. The average Bonchev–Trinajstić information content (AvgIpc) is 2.05. The van der Waals surface area contributed by atoms with Crippen molar-refractivity contribution in [2.75, 3.05) is 33.1 Å². The molecule has 0 saturated heterocycles. The van der Waals surface area contributed by atoms with E-state index in [4.69, 9.17) is 0 Å². The average molecular weight is 210 g/mol. The summed E-state index contributed by atoms with van der Waals surface area (Å²) in [5.74, 6) is -0.451. The fraction of sp³-hybridized carbons (Fsp3) is 0.833. The van der Waals surface area contributed by atoms with Crippen LogP contribution in [0.4, 0.5) is 0 Å². The number of carbonyl (C=O) groups is 1. The smallest absolute Gasteiger partial charge is 0.246 e. The molecule has 0 radical (unpaired) electrons. The summed E-state index contributed by atoms with van der Waals surface area (Å²) in [6, 6.07) is 0. The fourth-order valence-corrected chi connectivity index (χ4v) is 1.18. The lowest BCUT2D eigenvalue weighted by Crippen LogP contribution is -2.34. The first kappa shape index (κ1) is 12.3. The van der Waals surface area contributed by atoms with Crippen molar-refractivity contribution < 1.29 is 17.9 Å². The predicted molar refractivity (Wildman–Crippen MR) is 47.7 cm³/mol. The van der Waals surface area contributed by atoms with Gasteiger partial charge in [-0.1, -0.05) is 0 Å². The number of nitrogens with one attached hydrogen (secondary N) is 2. The Morgan fingerprint density at radius 3 is 2.54 bits per heavy atom. The lowest BCUT2D eigenvalue weighted by Gasteiger charge is -2.04. The van der Waals surface area contributed by atoms with Crippen LogP contribution in [-0.4, -0.2) is 47.4 Å². The molecule has 1 amide bonds. The standard InChI is InChI=1S/C6H14N2O4S/c1-7-13(10,11)4-3-8-6(9)5-12-2/h7H,3-5H2,1-2H3,(H,8,9). The van der Waals surface area contributed by atoms with E-state index in [1.807, 2.05) is 0 Å². The molecule has 0 atom stereocenters. The van der Waals surface area contributed by atoms with Crippen LogP contribution < -0.4 is 10.0 Å². The van der Waals surface area contributed by atoms with Crippen LogP contribution in [0.15, 0.2) is 0 Å². The van der Waals surface area contributed by atoms with Gasteiger partial charge in [0.2, 0.25) is 15.9 Å². The molecular formula is C6H14N2O4S. The lowest BCUT2D eigenvalue weighted by atomic mass is 10.6. The zero-order chi connectivity index (χ0) is 10.3. The molecule has 0 heterocycles. The van der Waals surface area contributed by atoms with Crippen LogP contribution in [0, 0.1) is 0 Å². The normalized spacial score (nSPS) is 11.2. The Morgan fingerprint density at radius 1 is 1.46 bits per heavy atom. The van der Waals surface area contributed by atoms with Gasteiger partial charge in [-0.25, -0.2) is 13.1 Å². The second-order valence-corrected chi connectivity index (χ2v) is 4.35. The molecular weight excluding hydrogens is 196 g/mol. The Bertz CT molecular complexity index is 249. The molecule has 78 valence electrons. The van der Waals surface area contributed by atoms with Crippen LogP contribution in [0.2, 0.25) is 0 Å². The van der Waals surface area contributed by atoms with Crippen molar-refractivity contribution in [2.45, 2.75) is 0 Å². The molecule has 0 aliphatic heterocycles. The summed E-state index contributed by atoms with van der Waals surface area (Å²) >= 11 is 0. The zero-order valence-electron chi connectivity index (χ0n) is 7.66. The minimum absolute atomic E-state index is 0.0560. The highest BCUT2D eigenvalue weighted by Crippen LogP contribution is 1.79. The quantitative estimate of drug-likeness (QED) is 0.547. The molecule has 0 aliphatic rings. The van der Waals surface area contributed by atoms with Crippen molar-refractivity contribution in [3.63, 3.8) is 0 Å². The van der Waals surface area contributed by atoms with E-state index in [1.54, 1.807) is 0 Å². The van der Waals surface area contributed by atoms with E-state index in [-0.39, 0.29) is 24.8 Å². The summed E-state index contributed by atoms with van der Waals surface area (Å²) in [4.78, 5) is 10.8. The third-order valence-corrected chi connectivity index (χ3v) is 2.64. The third-order valence-electron chi connectivity index (χ3n) is 1.28. The van der Waals surface area contributed by atoms with Crippen LogP contribution in [0.5, 0.6) is 0 Å². The van der Waals surface area contributed by atoms with Gasteiger partial charge in [0.1, 0.15) is 6.61 Å². The van der Waals surface area contributed by atoms with Crippen LogP contribution in [0.25, 0.3) is 0 Å². The first-order valence-electron chi connectivity index (χ1n) is 3.68. The number of ether oxygens (including phenoxy) is 1. The van der Waals surface area contributed by atoms with Crippen molar-refractivity contribution in [3.8, 4) is 0 Å². The summed E-state index contributed by atoms with van der Waals surface area (Å²) in [7, 11) is -0.517. The number of sulfonamides is 1. The maximum atomic E-state index is 10.8. The molecule has 6 nitrogen and oxygen atoms in total. The highest BCUT2D eigenvalue weighted by molar-refractivity contribution is 7.89. The van der Waals surface area contributed by atoms with Gasteiger partial charge in [-0.15, -0.1) is 0 Å². The van der Waals surface area contributed by atoms with Crippen molar-refractivity contribution >= 4 is 15.9 Å². The van der Waals surface area contributed by atoms with E-state index in [1.165, 1.54) is 14.2 Å². The molecule has 2 N–H and O–H groups in total. The molecule has 0 aromatic rings. The molecule has 0 aliphatic carbocycles. The molecule has 7 heteroatoms. The Hall–Kier alpha value is -0.660. The molecule has 0 aromatic carbocycles. The summed E-state index contributed by atoms with van der Waals surface area (Å²) in [6.45, 7) is 0.0327. The molecule has 13 heavy (non-hydrogen) atoms. The van der Waals surface area contributed by atoms with Crippen molar-refractivity contribution in [3.05, 3.63) is 0 Å². The Balaban J connectivity index is 3.62. The van der Waals surface area contributed by atoms with Gasteiger partial charge in [-0.3, -0.25) is 4.79 Å². The Morgan fingerprint density at radius 2 is 2.08 bits per heavy atom. The number of hydrogen-bond donors (Lipinski definition) is 2. The number of methoxy groups -OCH3 is 1. The lowest BCUT2D eigenvalue weighted by molar-refractivity contribution is -0.124. The molecule has 0 bridgehead atoms. The second-order valence-electron chi connectivity index (χ2n) is 2.31. The van der Waals surface area contributed by atoms with Crippen LogP contribution in [0.3, 0.4) is 0 Å².